The summed E-state index contributed by atoms with van der Waals surface area (Å²) in [6.45, 7) is 3.91. The zero-order chi connectivity index (χ0) is 12.4. The molecular weight excluding hydrogens is 224 g/mol. The molecule has 3 nitrogen and oxygen atoms in total. The smallest absolute Gasteiger partial charge is 0.301 e. The molecule has 96 valence electrons. The van der Waals surface area contributed by atoms with E-state index in [1.165, 1.54) is 6.20 Å². The first kappa shape index (κ1) is 12.5. The molecular formula is C12H19F2N3. The van der Waals surface area contributed by atoms with Crippen LogP contribution in [0.25, 0.3) is 0 Å². The van der Waals surface area contributed by atoms with Crippen LogP contribution in [0.1, 0.15) is 44.9 Å². The standard InChI is InChI=1S/C12H19F2N3/c1-9(2)16-6-3-10(4-7-16)11-5-8-17(15-11)12(13)14/h5,8-10,12H,3-4,6-7H2,1-2H3. The summed E-state index contributed by atoms with van der Waals surface area (Å²) >= 11 is 0. The van der Waals surface area contributed by atoms with Crippen molar-refractivity contribution < 1.29 is 8.78 Å². The van der Waals surface area contributed by atoms with Crippen molar-refractivity contribution in [2.45, 2.75) is 45.2 Å². The highest BCUT2D eigenvalue weighted by Crippen LogP contribution is 2.28. The third-order valence-electron chi connectivity index (χ3n) is 3.51. The van der Waals surface area contributed by atoms with Gasteiger partial charge in [-0.1, -0.05) is 0 Å². The van der Waals surface area contributed by atoms with Gasteiger partial charge in [0.2, 0.25) is 0 Å². The van der Waals surface area contributed by atoms with Crippen molar-refractivity contribution in [2.24, 2.45) is 0 Å². The van der Waals surface area contributed by atoms with Gasteiger partial charge in [-0.3, -0.25) is 0 Å². The monoisotopic (exact) mass is 243 g/mol. The molecule has 1 fully saturated rings. The van der Waals surface area contributed by atoms with Crippen molar-refractivity contribution in [3.8, 4) is 0 Å². The summed E-state index contributed by atoms with van der Waals surface area (Å²) in [5.41, 5.74) is 0.814. The zero-order valence-electron chi connectivity index (χ0n) is 10.3. The number of hydrogen-bond acceptors (Lipinski definition) is 2. The van der Waals surface area contributed by atoms with Crippen molar-refractivity contribution in [2.75, 3.05) is 13.1 Å². The number of aromatic nitrogens is 2. The lowest BCUT2D eigenvalue weighted by Crippen LogP contribution is -2.37. The fourth-order valence-electron chi connectivity index (χ4n) is 2.39. The Morgan fingerprint density at radius 3 is 2.41 bits per heavy atom. The quantitative estimate of drug-likeness (QED) is 0.814. The Labute approximate surface area is 100 Å². The summed E-state index contributed by atoms with van der Waals surface area (Å²) in [4.78, 5) is 2.42. The van der Waals surface area contributed by atoms with E-state index in [1.54, 1.807) is 6.07 Å². The van der Waals surface area contributed by atoms with Gasteiger partial charge in [-0.25, -0.2) is 4.68 Å². The summed E-state index contributed by atoms with van der Waals surface area (Å²) in [6.07, 6.45) is 3.39. The Morgan fingerprint density at radius 1 is 1.29 bits per heavy atom. The summed E-state index contributed by atoms with van der Waals surface area (Å²) in [6, 6.07) is 2.29. The van der Waals surface area contributed by atoms with Crippen molar-refractivity contribution >= 4 is 0 Å². The van der Waals surface area contributed by atoms with Gasteiger partial charge < -0.3 is 4.90 Å². The van der Waals surface area contributed by atoms with Gasteiger partial charge in [0, 0.05) is 18.2 Å². The van der Waals surface area contributed by atoms with Crippen LogP contribution in [0.5, 0.6) is 0 Å². The molecule has 0 amide bonds. The van der Waals surface area contributed by atoms with E-state index in [0.29, 0.717) is 12.0 Å². The first-order valence-electron chi connectivity index (χ1n) is 6.15. The molecule has 0 N–H and O–H groups in total. The highest BCUT2D eigenvalue weighted by molar-refractivity contribution is 5.08. The Bertz CT molecular complexity index is 354. The second kappa shape index (κ2) is 5.12. The van der Waals surface area contributed by atoms with Crippen LogP contribution in [-0.2, 0) is 0 Å². The van der Waals surface area contributed by atoms with E-state index in [0.717, 1.165) is 36.3 Å². The van der Waals surface area contributed by atoms with E-state index in [4.69, 9.17) is 0 Å². The SMILES string of the molecule is CC(C)N1CCC(c2ccn(C(F)F)n2)CC1. The highest BCUT2D eigenvalue weighted by atomic mass is 19.3. The van der Waals surface area contributed by atoms with Crippen LogP contribution in [0.3, 0.4) is 0 Å². The number of halogens is 2. The lowest BCUT2D eigenvalue weighted by Gasteiger charge is -2.33. The normalized spacial score (nSPS) is 19.4. The van der Waals surface area contributed by atoms with Gasteiger partial charge in [-0.15, -0.1) is 0 Å². The molecule has 0 unspecified atom stereocenters. The second-order valence-corrected chi connectivity index (χ2v) is 4.90. The van der Waals surface area contributed by atoms with E-state index < -0.39 is 6.55 Å². The van der Waals surface area contributed by atoms with Crippen LogP contribution >= 0.6 is 0 Å². The molecule has 1 aliphatic heterocycles. The third-order valence-corrected chi connectivity index (χ3v) is 3.51. The van der Waals surface area contributed by atoms with Crippen LogP contribution in [0.2, 0.25) is 0 Å². The topological polar surface area (TPSA) is 21.1 Å². The van der Waals surface area contributed by atoms with Crippen molar-refractivity contribution in [1.82, 2.24) is 14.7 Å². The molecule has 2 heterocycles. The van der Waals surface area contributed by atoms with Gasteiger partial charge in [0.05, 0.1) is 5.69 Å². The Balaban J connectivity index is 1.96. The van der Waals surface area contributed by atoms with Gasteiger partial charge >= 0.3 is 6.55 Å². The molecule has 1 aromatic rings. The van der Waals surface area contributed by atoms with Crippen LogP contribution in [0.15, 0.2) is 12.3 Å². The first-order chi connectivity index (χ1) is 8.08. The van der Waals surface area contributed by atoms with E-state index in [-0.39, 0.29) is 0 Å². The van der Waals surface area contributed by atoms with Crippen LogP contribution in [0, 0.1) is 0 Å². The van der Waals surface area contributed by atoms with E-state index in [9.17, 15) is 8.78 Å². The van der Waals surface area contributed by atoms with Gasteiger partial charge in [0.25, 0.3) is 0 Å². The number of hydrogen-bond donors (Lipinski definition) is 0. The van der Waals surface area contributed by atoms with Gasteiger partial charge in [-0.2, -0.15) is 13.9 Å². The molecule has 1 aromatic heterocycles. The largest absolute Gasteiger partial charge is 0.333 e. The molecule has 1 saturated heterocycles. The minimum absolute atomic E-state index is 0.338. The maximum absolute atomic E-state index is 12.4. The van der Waals surface area contributed by atoms with E-state index in [2.05, 4.69) is 23.8 Å². The van der Waals surface area contributed by atoms with Gasteiger partial charge in [0.1, 0.15) is 0 Å². The first-order valence-corrected chi connectivity index (χ1v) is 6.15. The molecule has 0 atom stereocenters. The molecule has 0 spiro atoms. The predicted octanol–water partition coefficient (Wildman–Crippen LogP) is 2.87. The molecule has 17 heavy (non-hydrogen) atoms. The fourth-order valence-corrected chi connectivity index (χ4v) is 2.39. The molecule has 0 aromatic carbocycles. The fraction of sp³-hybridized carbons (Fsp3) is 0.750. The number of alkyl halides is 2. The lowest BCUT2D eigenvalue weighted by atomic mass is 9.93. The van der Waals surface area contributed by atoms with E-state index in [1.807, 2.05) is 0 Å². The minimum Gasteiger partial charge on any atom is -0.301 e. The molecule has 0 bridgehead atoms. The summed E-state index contributed by atoms with van der Waals surface area (Å²) < 4.78 is 25.6. The molecule has 2 rings (SSSR count). The molecule has 0 aliphatic carbocycles. The maximum atomic E-state index is 12.4. The van der Waals surface area contributed by atoms with Crippen molar-refractivity contribution in [1.29, 1.82) is 0 Å². The van der Waals surface area contributed by atoms with Gasteiger partial charge in [-0.05, 0) is 45.8 Å². The van der Waals surface area contributed by atoms with Gasteiger partial charge in [0.15, 0.2) is 0 Å². The third kappa shape index (κ3) is 2.83. The molecule has 0 radical (unpaired) electrons. The number of rotatable bonds is 3. The maximum Gasteiger partial charge on any atom is 0.333 e. The number of piperidine rings is 1. The number of likely N-dealkylation sites (tertiary alicyclic amines) is 1. The zero-order valence-corrected chi connectivity index (χ0v) is 10.3. The van der Waals surface area contributed by atoms with Crippen LogP contribution in [-0.4, -0.2) is 33.8 Å². The van der Waals surface area contributed by atoms with E-state index >= 15 is 0 Å². The summed E-state index contributed by atoms with van der Waals surface area (Å²) in [7, 11) is 0. The molecule has 0 saturated carbocycles. The van der Waals surface area contributed by atoms with Crippen LogP contribution in [0.4, 0.5) is 8.78 Å². The minimum atomic E-state index is -2.53. The predicted molar refractivity (Wildman–Crippen MR) is 62.2 cm³/mol. The van der Waals surface area contributed by atoms with Crippen LogP contribution < -0.4 is 0 Å². The Hall–Kier alpha value is -0.970. The average molecular weight is 243 g/mol. The molecule has 1 aliphatic rings. The second-order valence-electron chi connectivity index (χ2n) is 4.90. The summed E-state index contributed by atoms with van der Waals surface area (Å²) in [5.74, 6) is 0.338. The average Bonchev–Trinajstić information content (AvgIpc) is 2.78. The summed E-state index contributed by atoms with van der Waals surface area (Å²) in [5, 5.41) is 3.95. The lowest BCUT2D eigenvalue weighted by molar-refractivity contribution is 0.0557. The Morgan fingerprint density at radius 2 is 1.94 bits per heavy atom. The number of nitrogens with zero attached hydrogens (tertiary/aromatic N) is 3. The highest BCUT2D eigenvalue weighted by Gasteiger charge is 2.24. The van der Waals surface area contributed by atoms with Crippen molar-refractivity contribution in [3.63, 3.8) is 0 Å². The Kier molecular flexibility index (Phi) is 3.76. The van der Waals surface area contributed by atoms with Crippen molar-refractivity contribution in [3.05, 3.63) is 18.0 Å². The molecule has 5 heteroatoms.